The number of aryl methyl sites for hydroxylation is 1. The first-order chi connectivity index (χ1) is 9.42. The Bertz CT molecular complexity index is 609. The van der Waals surface area contributed by atoms with Gasteiger partial charge in [0.05, 0.1) is 17.6 Å². The number of hydrogen-bond donors (Lipinski definition) is 2. The molecule has 3 N–H and O–H groups in total. The molecular formula is C13H18N2O4S. The molecule has 110 valence electrons. The molecule has 0 bridgehead atoms. The number of hydrogen-bond acceptors (Lipinski definition) is 5. The molecule has 0 aliphatic heterocycles. The van der Waals surface area contributed by atoms with Crippen molar-refractivity contribution in [3.63, 3.8) is 0 Å². The van der Waals surface area contributed by atoms with E-state index < -0.39 is 16.0 Å². The number of carbonyl (C=O) groups is 1. The average molecular weight is 298 g/mol. The lowest BCUT2D eigenvalue weighted by atomic mass is 10.1. The molecule has 0 aliphatic rings. The zero-order valence-electron chi connectivity index (χ0n) is 11.4. The monoisotopic (exact) mass is 298 g/mol. The van der Waals surface area contributed by atoms with Gasteiger partial charge in [-0.1, -0.05) is 18.2 Å². The molecule has 0 unspecified atom stereocenters. The highest BCUT2D eigenvalue weighted by atomic mass is 32.2. The standard InChI is InChI=1S/C13H18N2O4S/c1-10-5-6-11(13(16)19-2)9-12(10)20(17,18)15-8-4-3-7-14/h3-6,9,15H,7-8,14H2,1-2H3/b4-3+. The minimum absolute atomic E-state index is 0.0570. The van der Waals surface area contributed by atoms with Gasteiger partial charge in [-0.3, -0.25) is 0 Å². The largest absolute Gasteiger partial charge is 0.465 e. The highest BCUT2D eigenvalue weighted by Crippen LogP contribution is 2.17. The van der Waals surface area contributed by atoms with Gasteiger partial charge >= 0.3 is 5.97 Å². The summed E-state index contributed by atoms with van der Waals surface area (Å²) in [6.07, 6.45) is 3.28. The van der Waals surface area contributed by atoms with Gasteiger partial charge in [0, 0.05) is 13.1 Å². The fraction of sp³-hybridized carbons (Fsp3) is 0.308. The summed E-state index contributed by atoms with van der Waals surface area (Å²) < 4.78 is 31.3. The van der Waals surface area contributed by atoms with Crippen LogP contribution in [0.5, 0.6) is 0 Å². The summed E-state index contributed by atoms with van der Waals surface area (Å²) in [4.78, 5) is 11.5. The second kappa shape index (κ2) is 7.18. The Labute approximate surface area is 118 Å². The van der Waals surface area contributed by atoms with Crippen LogP contribution in [-0.2, 0) is 14.8 Å². The number of methoxy groups -OCH3 is 1. The summed E-state index contributed by atoms with van der Waals surface area (Å²) >= 11 is 0. The number of carbonyl (C=O) groups excluding carboxylic acids is 1. The number of nitrogens with two attached hydrogens (primary N) is 1. The second-order valence-electron chi connectivity index (χ2n) is 4.03. The summed E-state index contributed by atoms with van der Waals surface area (Å²) in [5.74, 6) is -0.579. The molecule has 0 spiro atoms. The van der Waals surface area contributed by atoms with E-state index in [1.807, 2.05) is 0 Å². The van der Waals surface area contributed by atoms with Gasteiger partial charge < -0.3 is 10.5 Å². The maximum Gasteiger partial charge on any atom is 0.337 e. The molecule has 1 aromatic rings. The average Bonchev–Trinajstić information content (AvgIpc) is 2.43. The summed E-state index contributed by atoms with van der Waals surface area (Å²) in [6.45, 7) is 2.14. The van der Waals surface area contributed by atoms with Gasteiger partial charge in [-0.05, 0) is 24.6 Å². The summed E-state index contributed by atoms with van der Waals surface area (Å²) in [5.41, 5.74) is 6.01. The molecule has 7 heteroatoms. The van der Waals surface area contributed by atoms with Crippen molar-refractivity contribution in [1.29, 1.82) is 0 Å². The molecule has 1 rings (SSSR count). The van der Waals surface area contributed by atoms with Crippen LogP contribution in [0.25, 0.3) is 0 Å². The Hall–Kier alpha value is -1.70. The molecule has 20 heavy (non-hydrogen) atoms. The van der Waals surface area contributed by atoms with Gasteiger partial charge in [0.15, 0.2) is 0 Å². The first-order valence-corrected chi connectivity index (χ1v) is 7.44. The quantitative estimate of drug-likeness (QED) is 0.591. The van der Waals surface area contributed by atoms with Gasteiger partial charge in [0.25, 0.3) is 0 Å². The first-order valence-electron chi connectivity index (χ1n) is 5.96. The fourth-order valence-electron chi connectivity index (χ4n) is 1.55. The number of sulfonamides is 1. The molecule has 0 saturated heterocycles. The summed E-state index contributed by atoms with van der Waals surface area (Å²) in [6, 6.07) is 4.39. The number of esters is 1. The highest BCUT2D eigenvalue weighted by molar-refractivity contribution is 7.89. The van der Waals surface area contributed by atoms with Gasteiger partial charge in [-0.2, -0.15) is 0 Å². The van der Waals surface area contributed by atoms with Crippen molar-refractivity contribution in [2.24, 2.45) is 5.73 Å². The summed E-state index contributed by atoms with van der Waals surface area (Å²) in [7, 11) is -2.44. The molecule has 0 aromatic heterocycles. The third-order valence-electron chi connectivity index (χ3n) is 2.59. The zero-order valence-corrected chi connectivity index (χ0v) is 12.2. The predicted molar refractivity (Wildman–Crippen MR) is 75.9 cm³/mol. The molecule has 0 fully saturated rings. The number of nitrogens with one attached hydrogen (secondary N) is 1. The van der Waals surface area contributed by atoms with Crippen LogP contribution in [-0.4, -0.2) is 34.6 Å². The van der Waals surface area contributed by atoms with Crippen LogP contribution < -0.4 is 10.5 Å². The van der Waals surface area contributed by atoms with Crippen LogP contribution in [0.2, 0.25) is 0 Å². The molecule has 6 nitrogen and oxygen atoms in total. The van der Waals surface area contributed by atoms with Gasteiger partial charge in [0.1, 0.15) is 0 Å². The molecule has 0 saturated carbocycles. The Morgan fingerprint density at radius 2 is 2.10 bits per heavy atom. The number of ether oxygens (including phenoxy) is 1. The SMILES string of the molecule is COC(=O)c1ccc(C)c(S(=O)(=O)NC/C=C/CN)c1. The van der Waals surface area contributed by atoms with Crippen molar-refractivity contribution < 1.29 is 17.9 Å². The van der Waals surface area contributed by atoms with E-state index in [9.17, 15) is 13.2 Å². The minimum atomic E-state index is -3.69. The van der Waals surface area contributed by atoms with E-state index in [0.29, 0.717) is 12.1 Å². The van der Waals surface area contributed by atoms with Crippen LogP contribution in [0.4, 0.5) is 0 Å². The van der Waals surface area contributed by atoms with Gasteiger partial charge in [-0.25, -0.2) is 17.9 Å². The Morgan fingerprint density at radius 1 is 1.40 bits per heavy atom. The molecular weight excluding hydrogens is 280 g/mol. The van der Waals surface area contributed by atoms with E-state index in [1.165, 1.54) is 19.2 Å². The second-order valence-corrected chi connectivity index (χ2v) is 5.77. The van der Waals surface area contributed by atoms with Crippen LogP contribution >= 0.6 is 0 Å². The van der Waals surface area contributed by atoms with Crippen molar-refractivity contribution in [3.8, 4) is 0 Å². The highest BCUT2D eigenvalue weighted by Gasteiger charge is 2.18. The number of benzene rings is 1. The maximum absolute atomic E-state index is 12.2. The van der Waals surface area contributed by atoms with Crippen LogP contribution in [0.15, 0.2) is 35.2 Å². The Kier molecular flexibility index (Phi) is 5.87. The molecule has 0 amide bonds. The van der Waals surface area contributed by atoms with E-state index >= 15 is 0 Å². The van der Waals surface area contributed by atoms with Gasteiger partial charge in [-0.15, -0.1) is 0 Å². The van der Waals surface area contributed by atoms with E-state index in [4.69, 9.17) is 5.73 Å². The molecule has 0 radical (unpaired) electrons. The van der Waals surface area contributed by atoms with E-state index in [-0.39, 0.29) is 17.0 Å². The topological polar surface area (TPSA) is 98.5 Å². The third kappa shape index (κ3) is 4.16. The van der Waals surface area contributed by atoms with Crippen LogP contribution in [0.1, 0.15) is 15.9 Å². The summed E-state index contributed by atoms with van der Waals surface area (Å²) in [5, 5.41) is 0. The van der Waals surface area contributed by atoms with Crippen molar-refractivity contribution in [2.45, 2.75) is 11.8 Å². The maximum atomic E-state index is 12.2. The molecule has 0 atom stereocenters. The van der Waals surface area contributed by atoms with Crippen LogP contribution in [0, 0.1) is 6.92 Å². The lowest BCUT2D eigenvalue weighted by molar-refractivity contribution is 0.0600. The smallest absolute Gasteiger partial charge is 0.337 e. The van der Waals surface area contributed by atoms with Crippen molar-refractivity contribution >= 4 is 16.0 Å². The fourth-order valence-corrected chi connectivity index (χ4v) is 2.79. The van der Waals surface area contributed by atoms with E-state index in [0.717, 1.165) is 0 Å². The Balaban J connectivity index is 3.04. The first kappa shape index (κ1) is 16.4. The Morgan fingerprint density at radius 3 is 2.70 bits per heavy atom. The van der Waals surface area contributed by atoms with Gasteiger partial charge in [0.2, 0.25) is 10.0 Å². The zero-order chi connectivity index (χ0) is 15.2. The molecule has 0 heterocycles. The van der Waals surface area contributed by atoms with E-state index in [1.54, 1.807) is 25.1 Å². The minimum Gasteiger partial charge on any atom is -0.465 e. The molecule has 1 aromatic carbocycles. The molecule has 0 aliphatic carbocycles. The third-order valence-corrected chi connectivity index (χ3v) is 4.16. The van der Waals surface area contributed by atoms with E-state index in [2.05, 4.69) is 9.46 Å². The van der Waals surface area contributed by atoms with Crippen molar-refractivity contribution in [1.82, 2.24) is 4.72 Å². The normalized spacial score (nSPS) is 11.8. The lowest BCUT2D eigenvalue weighted by Gasteiger charge is -2.09. The lowest BCUT2D eigenvalue weighted by Crippen LogP contribution is -2.25. The number of rotatable bonds is 6. The van der Waals surface area contributed by atoms with Crippen molar-refractivity contribution in [2.75, 3.05) is 20.2 Å². The van der Waals surface area contributed by atoms with Crippen molar-refractivity contribution in [3.05, 3.63) is 41.5 Å². The predicted octanol–water partition coefficient (Wildman–Crippen LogP) is 0.575. The van der Waals surface area contributed by atoms with Crippen LogP contribution in [0.3, 0.4) is 0 Å².